The molecule has 0 spiro atoms. The second-order valence-electron chi connectivity index (χ2n) is 6.98. The van der Waals surface area contributed by atoms with Gasteiger partial charge in [0.25, 0.3) is 5.91 Å². The normalized spacial score (nSPS) is 33.0. The molecule has 0 aromatic heterocycles. The fourth-order valence-corrected chi connectivity index (χ4v) is 3.70. The van der Waals surface area contributed by atoms with Crippen molar-refractivity contribution < 1.29 is 24.1 Å². The number of carbonyl (C=O) groups excluding carboxylic acids is 1. The number of nitrogens with zero attached hydrogens (tertiary/aromatic N) is 1. The molecular formula is C22H25FN2O3. The summed E-state index contributed by atoms with van der Waals surface area (Å²) in [6.07, 6.45) is -3.85. The van der Waals surface area contributed by atoms with Gasteiger partial charge in [-0.2, -0.15) is 0 Å². The molecule has 2 aromatic rings. The lowest BCUT2D eigenvalue weighted by molar-refractivity contribution is -0.156. The van der Waals surface area contributed by atoms with Crippen LogP contribution in [-0.4, -0.2) is 49.3 Å². The molecule has 0 unspecified atom stereocenters. The molecular weight excluding hydrogens is 359 g/mol. The highest BCUT2D eigenvalue weighted by Crippen LogP contribution is 2.36. The second kappa shape index (κ2) is 7.99. The zero-order valence-corrected chi connectivity index (χ0v) is 15.5. The molecule has 1 amide bonds. The number of ether oxygens (including phenoxy) is 2. The van der Waals surface area contributed by atoms with Crippen molar-refractivity contribution in [3.63, 3.8) is 0 Å². The first kappa shape index (κ1) is 14.7. The summed E-state index contributed by atoms with van der Waals surface area (Å²) in [5.41, 5.74) is 7.16. The van der Waals surface area contributed by atoms with E-state index in [1.54, 1.807) is 18.2 Å². The molecule has 6 heteroatoms. The summed E-state index contributed by atoms with van der Waals surface area (Å²) < 4.78 is 59.2. The van der Waals surface area contributed by atoms with Crippen LogP contribution in [0.2, 0.25) is 0 Å². The predicted molar refractivity (Wildman–Crippen MR) is 103 cm³/mol. The van der Waals surface area contributed by atoms with E-state index >= 15 is 0 Å². The molecule has 2 aliphatic heterocycles. The highest BCUT2D eigenvalue weighted by Gasteiger charge is 2.39. The lowest BCUT2D eigenvalue weighted by atomic mass is 9.87. The first-order valence-electron chi connectivity index (χ1n) is 11.2. The number of aryl methyl sites for hydroxylation is 1. The van der Waals surface area contributed by atoms with Crippen LogP contribution in [0.3, 0.4) is 0 Å². The summed E-state index contributed by atoms with van der Waals surface area (Å²) in [4.78, 5) is 14.6. The van der Waals surface area contributed by atoms with E-state index < -0.39 is 48.9 Å². The number of methoxy groups -OCH3 is 1. The van der Waals surface area contributed by atoms with Crippen LogP contribution in [0.15, 0.2) is 48.5 Å². The maximum Gasteiger partial charge on any atom is 0.252 e. The van der Waals surface area contributed by atoms with Crippen molar-refractivity contribution in [3.8, 4) is 0 Å². The van der Waals surface area contributed by atoms with Gasteiger partial charge in [-0.05, 0) is 35.2 Å². The number of benzene rings is 2. The van der Waals surface area contributed by atoms with Gasteiger partial charge in [-0.15, -0.1) is 0 Å². The van der Waals surface area contributed by atoms with Gasteiger partial charge in [0.15, 0.2) is 0 Å². The van der Waals surface area contributed by atoms with E-state index in [0.717, 1.165) is 4.90 Å². The quantitative estimate of drug-likeness (QED) is 0.877. The zero-order valence-electron chi connectivity index (χ0n) is 19.5. The molecule has 2 aliphatic rings. The Kier molecular flexibility index (Phi) is 4.19. The van der Waals surface area contributed by atoms with Gasteiger partial charge in [0.1, 0.15) is 11.9 Å². The SMILES string of the molecule is [2H]C1([2H])c2ccccc2[C@H](c2ccc(F)cc2)N(C(=O)[C@H]2C[C@H](N)[C@@H](OC)CO2)C1([2H])[2H]. The zero-order chi connectivity index (χ0) is 23.3. The van der Waals surface area contributed by atoms with Gasteiger partial charge < -0.3 is 20.1 Å². The van der Waals surface area contributed by atoms with E-state index in [2.05, 4.69) is 0 Å². The first-order valence-corrected chi connectivity index (χ1v) is 9.17. The Bertz CT molecular complexity index is 1000. The Morgan fingerprint density at radius 1 is 1.29 bits per heavy atom. The van der Waals surface area contributed by atoms with Gasteiger partial charge in [-0.25, -0.2) is 4.39 Å². The van der Waals surface area contributed by atoms with Gasteiger partial charge >= 0.3 is 0 Å². The average Bonchev–Trinajstić information content (AvgIpc) is 2.76. The largest absolute Gasteiger partial charge is 0.377 e. The summed E-state index contributed by atoms with van der Waals surface area (Å²) in [5, 5.41) is 0. The molecule has 1 fully saturated rings. The van der Waals surface area contributed by atoms with Crippen molar-refractivity contribution in [3.05, 3.63) is 71.0 Å². The molecule has 5 nitrogen and oxygen atoms in total. The van der Waals surface area contributed by atoms with Crippen molar-refractivity contribution in [2.75, 3.05) is 20.2 Å². The minimum Gasteiger partial charge on any atom is -0.377 e. The molecule has 0 saturated carbocycles. The number of nitrogens with two attached hydrogens (primary N) is 1. The third-order valence-electron chi connectivity index (χ3n) is 5.25. The van der Waals surface area contributed by atoms with E-state index in [-0.39, 0.29) is 18.6 Å². The van der Waals surface area contributed by atoms with Crippen LogP contribution in [0.25, 0.3) is 0 Å². The molecule has 4 rings (SSSR count). The van der Waals surface area contributed by atoms with Crippen LogP contribution in [-0.2, 0) is 20.6 Å². The monoisotopic (exact) mass is 388 g/mol. The van der Waals surface area contributed by atoms with Crippen LogP contribution in [0, 0.1) is 5.82 Å². The third kappa shape index (κ3) is 3.55. The highest BCUT2D eigenvalue weighted by molar-refractivity contribution is 5.82. The van der Waals surface area contributed by atoms with Crippen LogP contribution in [0.4, 0.5) is 4.39 Å². The van der Waals surface area contributed by atoms with Crippen molar-refractivity contribution in [2.24, 2.45) is 5.73 Å². The Labute approximate surface area is 169 Å². The van der Waals surface area contributed by atoms with Gasteiger partial charge in [-0.1, -0.05) is 36.4 Å². The van der Waals surface area contributed by atoms with Gasteiger partial charge in [0.05, 0.1) is 18.8 Å². The predicted octanol–water partition coefficient (Wildman–Crippen LogP) is 2.43. The van der Waals surface area contributed by atoms with Crippen molar-refractivity contribution in [2.45, 2.75) is 37.1 Å². The van der Waals surface area contributed by atoms with E-state index in [9.17, 15) is 9.18 Å². The standard InChI is InChI=1S/C22H25FN2O3/c1-27-20-13-28-19(12-18(20)24)22(26)25-11-10-14-4-2-3-5-17(14)21(25)15-6-8-16(23)9-7-15/h2-9,18-21H,10-13,24H2,1H3/t18-,19+,20-,21-/m0/s1/i10D2,11D2. The number of hydrogen-bond acceptors (Lipinski definition) is 4. The number of amides is 1. The molecule has 0 aliphatic carbocycles. The summed E-state index contributed by atoms with van der Waals surface area (Å²) in [5.74, 6) is -1.19. The van der Waals surface area contributed by atoms with E-state index in [0.29, 0.717) is 11.1 Å². The molecule has 1 saturated heterocycles. The maximum atomic E-state index is 13.7. The van der Waals surface area contributed by atoms with Crippen LogP contribution in [0.1, 0.15) is 34.6 Å². The van der Waals surface area contributed by atoms with E-state index in [1.165, 1.54) is 37.4 Å². The fraction of sp³-hybridized carbons (Fsp3) is 0.409. The smallest absolute Gasteiger partial charge is 0.252 e. The number of rotatable bonds is 3. The van der Waals surface area contributed by atoms with Crippen molar-refractivity contribution in [1.82, 2.24) is 4.90 Å². The Hall–Kier alpha value is -2.28. The van der Waals surface area contributed by atoms with Gasteiger partial charge in [0, 0.05) is 31.6 Å². The lowest BCUT2D eigenvalue weighted by Gasteiger charge is -2.41. The number of hydrogen-bond donors (Lipinski definition) is 1. The third-order valence-corrected chi connectivity index (χ3v) is 5.25. The number of carbonyl (C=O) groups is 1. The second-order valence-corrected chi connectivity index (χ2v) is 6.98. The van der Waals surface area contributed by atoms with Crippen molar-refractivity contribution in [1.29, 1.82) is 0 Å². The molecule has 0 radical (unpaired) electrons. The minimum atomic E-state index is -2.72. The number of halogens is 1. The maximum absolute atomic E-state index is 13.7. The first-order chi connectivity index (χ1) is 15.1. The molecule has 28 heavy (non-hydrogen) atoms. The summed E-state index contributed by atoms with van der Waals surface area (Å²) in [7, 11) is 1.50. The van der Waals surface area contributed by atoms with E-state index in [1.807, 2.05) is 0 Å². The summed E-state index contributed by atoms with van der Waals surface area (Å²) in [6.45, 7) is -2.65. The molecule has 2 aromatic carbocycles. The number of fused-ring (bicyclic) bond motifs is 1. The van der Waals surface area contributed by atoms with Crippen molar-refractivity contribution >= 4 is 5.91 Å². The average molecular weight is 388 g/mol. The Balaban J connectivity index is 1.84. The van der Waals surface area contributed by atoms with Crippen LogP contribution in [0.5, 0.6) is 0 Å². The fourth-order valence-electron chi connectivity index (χ4n) is 3.70. The van der Waals surface area contributed by atoms with Crippen LogP contribution >= 0.6 is 0 Å². The summed E-state index contributed by atoms with van der Waals surface area (Å²) >= 11 is 0. The van der Waals surface area contributed by atoms with Crippen LogP contribution < -0.4 is 5.73 Å². The molecule has 4 atom stereocenters. The molecule has 2 N–H and O–H groups in total. The Morgan fingerprint density at radius 2 is 2.04 bits per heavy atom. The Morgan fingerprint density at radius 3 is 2.75 bits per heavy atom. The molecule has 148 valence electrons. The summed E-state index contributed by atoms with van der Waals surface area (Å²) in [6, 6.07) is 10.4. The minimum absolute atomic E-state index is 0.0651. The molecule has 0 bridgehead atoms. The van der Waals surface area contributed by atoms with Gasteiger partial charge in [-0.3, -0.25) is 4.79 Å². The lowest BCUT2D eigenvalue weighted by Crippen LogP contribution is -2.54. The molecule has 2 heterocycles. The van der Waals surface area contributed by atoms with Gasteiger partial charge in [0.2, 0.25) is 0 Å². The van der Waals surface area contributed by atoms with E-state index in [4.69, 9.17) is 20.7 Å². The highest BCUT2D eigenvalue weighted by atomic mass is 19.1. The topological polar surface area (TPSA) is 64.8 Å².